The van der Waals surface area contributed by atoms with E-state index in [0.717, 1.165) is 10.0 Å². The van der Waals surface area contributed by atoms with Gasteiger partial charge in [-0.25, -0.2) is 5.43 Å². The van der Waals surface area contributed by atoms with Crippen LogP contribution in [0.2, 0.25) is 0 Å². The monoisotopic (exact) mass is 428 g/mol. The molecule has 27 heavy (non-hydrogen) atoms. The quantitative estimate of drug-likeness (QED) is 0.368. The third-order valence-corrected chi connectivity index (χ3v) is 3.99. The molecule has 1 N–H and O–H groups in total. The molecule has 0 aliphatic carbocycles. The molecule has 0 fully saturated rings. The molecule has 1 amide bonds. The summed E-state index contributed by atoms with van der Waals surface area (Å²) in [6.07, 6.45) is 4.14. The second-order valence-electron chi connectivity index (χ2n) is 5.40. The summed E-state index contributed by atoms with van der Waals surface area (Å²) in [5, 5.41) is 19.0. The second-order valence-corrected chi connectivity index (χ2v) is 6.31. The summed E-state index contributed by atoms with van der Waals surface area (Å²) in [7, 11) is 0. The molecule has 1 aromatic carbocycles. The van der Waals surface area contributed by atoms with Crippen LogP contribution in [0.15, 0.2) is 64.4 Å². The Kier molecular flexibility index (Phi) is 5.67. The standard InChI is InChI=1S/C17H13BrN6O3/c18-13-6-4-12(5-7-13)10-23-11-15(24(26)27)16(22-23)17(25)21-20-9-14-3-1-2-8-19-14/h1-9,11H,10H2,(H,21,25)/b20-9+. The van der Waals surface area contributed by atoms with Crippen LogP contribution in [0, 0.1) is 10.1 Å². The fourth-order valence-electron chi connectivity index (χ4n) is 2.23. The van der Waals surface area contributed by atoms with E-state index in [1.54, 1.807) is 24.4 Å². The van der Waals surface area contributed by atoms with Gasteiger partial charge in [-0.3, -0.25) is 24.6 Å². The lowest BCUT2D eigenvalue weighted by molar-refractivity contribution is -0.385. The van der Waals surface area contributed by atoms with Crippen LogP contribution in [0.25, 0.3) is 0 Å². The lowest BCUT2D eigenvalue weighted by Gasteiger charge is -2.01. The highest BCUT2D eigenvalue weighted by atomic mass is 79.9. The minimum absolute atomic E-state index is 0.290. The van der Waals surface area contributed by atoms with Crippen LogP contribution in [0.3, 0.4) is 0 Å². The van der Waals surface area contributed by atoms with Crippen LogP contribution in [0.4, 0.5) is 5.69 Å². The molecule has 0 atom stereocenters. The lowest BCUT2D eigenvalue weighted by atomic mass is 10.2. The molecular formula is C17H13BrN6O3. The Morgan fingerprint density at radius 3 is 2.74 bits per heavy atom. The molecule has 0 saturated carbocycles. The summed E-state index contributed by atoms with van der Waals surface area (Å²) in [5.74, 6) is -0.775. The number of nitrogens with one attached hydrogen (secondary N) is 1. The van der Waals surface area contributed by atoms with Gasteiger partial charge in [0.05, 0.1) is 23.4 Å². The van der Waals surface area contributed by atoms with E-state index in [-0.39, 0.29) is 5.69 Å². The first-order valence-corrected chi connectivity index (χ1v) is 8.53. The largest absolute Gasteiger partial charge is 0.320 e. The average Bonchev–Trinajstić information content (AvgIpc) is 3.09. The number of halogens is 1. The maximum Gasteiger partial charge on any atom is 0.320 e. The molecule has 9 nitrogen and oxygen atoms in total. The summed E-state index contributed by atoms with van der Waals surface area (Å²) in [6, 6.07) is 12.6. The Morgan fingerprint density at radius 1 is 1.30 bits per heavy atom. The molecule has 136 valence electrons. The summed E-state index contributed by atoms with van der Waals surface area (Å²) in [6.45, 7) is 0.290. The molecular weight excluding hydrogens is 416 g/mol. The zero-order valence-corrected chi connectivity index (χ0v) is 15.4. The molecule has 10 heteroatoms. The van der Waals surface area contributed by atoms with Crippen LogP contribution in [0.5, 0.6) is 0 Å². The van der Waals surface area contributed by atoms with Crippen molar-refractivity contribution in [3.05, 3.63) is 86.4 Å². The SMILES string of the molecule is O=C(N/N=C/c1ccccn1)c1nn(Cc2ccc(Br)cc2)cc1[N+](=O)[O-]. The number of aromatic nitrogens is 3. The molecule has 0 unspecified atom stereocenters. The lowest BCUT2D eigenvalue weighted by Crippen LogP contribution is -2.20. The Balaban J connectivity index is 1.76. The third kappa shape index (κ3) is 4.82. The summed E-state index contributed by atoms with van der Waals surface area (Å²) in [4.78, 5) is 26.9. The van der Waals surface area contributed by atoms with Crippen molar-refractivity contribution in [2.45, 2.75) is 6.54 Å². The Hall–Kier alpha value is -3.40. The van der Waals surface area contributed by atoms with Crippen molar-refractivity contribution in [1.29, 1.82) is 0 Å². The highest BCUT2D eigenvalue weighted by Gasteiger charge is 2.25. The van der Waals surface area contributed by atoms with Gasteiger partial charge in [-0.2, -0.15) is 10.2 Å². The van der Waals surface area contributed by atoms with Gasteiger partial charge in [-0.15, -0.1) is 0 Å². The number of nitro groups is 1. The van der Waals surface area contributed by atoms with Crippen LogP contribution >= 0.6 is 15.9 Å². The van der Waals surface area contributed by atoms with Gasteiger partial charge in [-0.1, -0.05) is 34.1 Å². The van der Waals surface area contributed by atoms with E-state index in [1.165, 1.54) is 17.1 Å². The van der Waals surface area contributed by atoms with Gasteiger partial charge in [0.25, 0.3) is 5.91 Å². The molecule has 3 aromatic rings. The minimum atomic E-state index is -0.775. The second kappa shape index (κ2) is 8.32. The van der Waals surface area contributed by atoms with Crippen molar-refractivity contribution in [1.82, 2.24) is 20.2 Å². The van der Waals surface area contributed by atoms with Gasteiger partial charge < -0.3 is 0 Å². The normalized spacial score (nSPS) is 10.9. The van der Waals surface area contributed by atoms with Crippen molar-refractivity contribution in [2.24, 2.45) is 5.10 Å². The topological polar surface area (TPSA) is 115 Å². The van der Waals surface area contributed by atoms with Crippen LogP contribution < -0.4 is 5.43 Å². The highest BCUT2D eigenvalue weighted by molar-refractivity contribution is 9.10. The van der Waals surface area contributed by atoms with Crippen LogP contribution in [0.1, 0.15) is 21.7 Å². The summed E-state index contributed by atoms with van der Waals surface area (Å²) < 4.78 is 2.27. The van der Waals surface area contributed by atoms with Gasteiger partial charge in [0.15, 0.2) is 0 Å². The van der Waals surface area contributed by atoms with Gasteiger partial charge in [0.1, 0.15) is 6.20 Å². The summed E-state index contributed by atoms with van der Waals surface area (Å²) in [5.41, 5.74) is 2.95. The Labute approximate surface area is 162 Å². The molecule has 0 aliphatic rings. The van der Waals surface area contributed by atoms with Crippen molar-refractivity contribution in [2.75, 3.05) is 0 Å². The number of benzene rings is 1. The highest BCUT2D eigenvalue weighted by Crippen LogP contribution is 2.18. The van der Waals surface area contributed by atoms with Crippen molar-refractivity contribution in [3.8, 4) is 0 Å². The number of hydrogen-bond acceptors (Lipinski definition) is 6. The van der Waals surface area contributed by atoms with Crippen LogP contribution in [-0.2, 0) is 6.54 Å². The molecule has 0 radical (unpaired) electrons. The third-order valence-electron chi connectivity index (χ3n) is 3.46. The van der Waals surface area contributed by atoms with Gasteiger partial charge >= 0.3 is 5.69 Å². The zero-order valence-electron chi connectivity index (χ0n) is 13.8. The number of hydrogen-bond donors (Lipinski definition) is 1. The Bertz CT molecular complexity index is 986. The predicted octanol–water partition coefficient (Wildman–Crippen LogP) is 2.76. The van der Waals surface area contributed by atoms with Crippen molar-refractivity contribution >= 4 is 33.7 Å². The number of carbonyl (C=O) groups excluding carboxylic acids is 1. The van der Waals surface area contributed by atoms with Gasteiger partial charge in [0.2, 0.25) is 5.69 Å². The number of rotatable bonds is 6. The summed E-state index contributed by atoms with van der Waals surface area (Å²) >= 11 is 3.34. The molecule has 0 aliphatic heterocycles. The first kappa shape index (κ1) is 18.4. The molecule has 0 saturated heterocycles. The molecule has 2 heterocycles. The minimum Gasteiger partial charge on any atom is -0.265 e. The maximum absolute atomic E-state index is 12.2. The smallest absolute Gasteiger partial charge is 0.265 e. The van der Waals surface area contributed by atoms with E-state index in [0.29, 0.717) is 12.2 Å². The number of nitrogens with zero attached hydrogens (tertiary/aromatic N) is 5. The molecule has 0 bridgehead atoms. The fourth-order valence-corrected chi connectivity index (χ4v) is 2.49. The van der Waals surface area contributed by atoms with E-state index < -0.39 is 16.5 Å². The predicted molar refractivity (Wildman–Crippen MR) is 101 cm³/mol. The van der Waals surface area contributed by atoms with E-state index in [9.17, 15) is 14.9 Å². The first-order valence-electron chi connectivity index (χ1n) is 7.73. The molecule has 3 rings (SSSR count). The zero-order chi connectivity index (χ0) is 19.2. The van der Waals surface area contributed by atoms with E-state index in [4.69, 9.17) is 0 Å². The number of carbonyl (C=O) groups is 1. The Morgan fingerprint density at radius 2 is 2.07 bits per heavy atom. The maximum atomic E-state index is 12.2. The first-order chi connectivity index (χ1) is 13.0. The van der Waals surface area contributed by atoms with Crippen LogP contribution in [-0.4, -0.2) is 31.8 Å². The number of pyridine rings is 1. The number of amides is 1. The van der Waals surface area contributed by atoms with Crippen molar-refractivity contribution in [3.63, 3.8) is 0 Å². The molecule has 0 spiro atoms. The van der Waals surface area contributed by atoms with Gasteiger partial charge in [-0.05, 0) is 29.8 Å². The van der Waals surface area contributed by atoms with Crippen molar-refractivity contribution < 1.29 is 9.72 Å². The fraction of sp³-hybridized carbons (Fsp3) is 0.0588. The van der Waals surface area contributed by atoms with Gasteiger partial charge in [0, 0.05) is 10.7 Å². The number of hydrazone groups is 1. The van der Waals surface area contributed by atoms with E-state index in [1.807, 2.05) is 24.3 Å². The average molecular weight is 429 g/mol. The van der Waals surface area contributed by atoms with E-state index >= 15 is 0 Å². The molecule has 2 aromatic heterocycles. The van der Waals surface area contributed by atoms with E-state index in [2.05, 4.69) is 36.5 Å².